The van der Waals surface area contributed by atoms with Crippen molar-refractivity contribution in [3.8, 4) is 23.0 Å². The summed E-state index contributed by atoms with van der Waals surface area (Å²) in [6.45, 7) is 2.06. The molecule has 0 aromatic heterocycles. The van der Waals surface area contributed by atoms with Crippen LogP contribution < -0.4 is 25.0 Å². The highest BCUT2D eigenvalue weighted by atomic mass is 16.7. The summed E-state index contributed by atoms with van der Waals surface area (Å²) >= 11 is 0. The summed E-state index contributed by atoms with van der Waals surface area (Å²) in [6.07, 6.45) is 0.971. The molecule has 2 saturated heterocycles. The molecule has 4 heterocycles. The number of fused-ring (bicyclic) bond motifs is 5. The lowest BCUT2D eigenvalue weighted by Crippen LogP contribution is -2.53. The molecule has 4 aliphatic heterocycles. The van der Waals surface area contributed by atoms with Gasteiger partial charge in [0.1, 0.15) is 5.54 Å². The number of aromatic hydroxyl groups is 2. The van der Waals surface area contributed by atoms with E-state index in [0.717, 1.165) is 16.9 Å². The highest BCUT2D eigenvalue weighted by Crippen LogP contribution is 2.54. The SMILES string of the molecule is CCc1ccc2c(c1)[C@]1(N[C@@H](Cc3ccc(O)c(O)c3)[C@H]3C(=O)N(c4ccc5c(c4)OCO5)C(=O)[C@H]31)C(=O)N2. The lowest BCUT2D eigenvalue weighted by molar-refractivity contribution is -0.130. The number of nitrogens with one attached hydrogen (secondary N) is 2. The zero-order chi connectivity index (χ0) is 27.1. The zero-order valence-corrected chi connectivity index (χ0v) is 20.9. The van der Waals surface area contributed by atoms with Crippen molar-refractivity contribution < 1.29 is 34.1 Å². The number of imide groups is 1. The van der Waals surface area contributed by atoms with Crippen molar-refractivity contribution in [1.82, 2.24) is 5.32 Å². The number of hydrogen-bond acceptors (Lipinski definition) is 8. The predicted molar refractivity (Wildman–Crippen MR) is 139 cm³/mol. The van der Waals surface area contributed by atoms with Gasteiger partial charge in [-0.25, -0.2) is 4.90 Å². The fraction of sp³-hybridized carbons (Fsp3) is 0.276. The summed E-state index contributed by atoms with van der Waals surface area (Å²) in [4.78, 5) is 43.2. The van der Waals surface area contributed by atoms with Gasteiger partial charge >= 0.3 is 0 Å². The van der Waals surface area contributed by atoms with Crippen LogP contribution in [0.15, 0.2) is 54.6 Å². The normalized spacial score (nSPS) is 26.3. The van der Waals surface area contributed by atoms with E-state index in [1.54, 1.807) is 24.3 Å². The minimum atomic E-state index is -1.45. The van der Waals surface area contributed by atoms with Crippen LogP contribution in [0.5, 0.6) is 23.0 Å². The van der Waals surface area contributed by atoms with E-state index >= 15 is 0 Å². The van der Waals surface area contributed by atoms with Gasteiger partial charge in [0.25, 0.3) is 0 Å². The number of rotatable bonds is 4. The van der Waals surface area contributed by atoms with E-state index in [0.29, 0.717) is 34.0 Å². The monoisotopic (exact) mass is 527 g/mol. The molecule has 7 rings (SSSR count). The Morgan fingerprint density at radius 2 is 1.72 bits per heavy atom. The van der Waals surface area contributed by atoms with Crippen LogP contribution >= 0.6 is 0 Å². The first kappa shape index (κ1) is 23.5. The molecule has 3 amide bonds. The van der Waals surface area contributed by atoms with E-state index < -0.39 is 35.2 Å². The van der Waals surface area contributed by atoms with Crippen LogP contribution in [-0.4, -0.2) is 40.8 Å². The third-order valence-electron chi connectivity index (χ3n) is 8.30. The minimum absolute atomic E-state index is 0.0528. The molecule has 10 nitrogen and oxygen atoms in total. The van der Waals surface area contributed by atoms with Crippen LogP contribution in [0.25, 0.3) is 0 Å². The molecule has 198 valence electrons. The van der Waals surface area contributed by atoms with Gasteiger partial charge in [-0.3, -0.25) is 19.7 Å². The van der Waals surface area contributed by atoms with Crippen molar-refractivity contribution in [3.63, 3.8) is 0 Å². The molecule has 4 N–H and O–H groups in total. The summed E-state index contributed by atoms with van der Waals surface area (Å²) < 4.78 is 10.9. The predicted octanol–water partition coefficient (Wildman–Crippen LogP) is 2.56. The first-order chi connectivity index (χ1) is 18.8. The maximum Gasteiger partial charge on any atom is 0.250 e. The number of benzene rings is 3. The molecular formula is C29H25N3O7. The molecule has 4 aliphatic rings. The summed E-state index contributed by atoms with van der Waals surface area (Å²) in [6, 6.07) is 14.4. The maximum absolute atomic E-state index is 14.2. The van der Waals surface area contributed by atoms with Crippen LogP contribution in [0.2, 0.25) is 0 Å². The van der Waals surface area contributed by atoms with Crippen LogP contribution in [0.1, 0.15) is 23.6 Å². The summed E-state index contributed by atoms with van der Waals surface area (Å²) in [5, 5.41) is 26.2. The largest absolute Gasteiger partial charge is 0.504 e. The average Bonchev–Trinajstić information content (AvgIpc) is 3.65. The number of carbonyl (C=O) groups excluding carboxylic acids is 3. The molecule has 0 radical (unpaired) electrons. The van der Waals surface area contributed by atoms with Crippen LogP contribution in [0.4, 0.5) is 11.4 Å². The fourth-order valence-corrected chi connectivity index (χ4v) is 6.47. The summed E-state index contributed by atoms with van der Waals surface area (Å²) in [5.41, 5.74) is 1.79. The molecule has 10 heteroatoms. The van der Waals surface area contributed by atoms with E-state index in [1.807, 2.05) is 25.1 Å². The topological polar surface area (TPSA) is 137 Å². The number of anilines is 2. The number of amides is 3. The van der Waals surface area contributed by atoms with Gasteiger partial charge in [0.05, 0.1) is 17.5 Å². The first-order valence-electron chi connectivity index (χ1n) is 12.8. The molecule has 0 saturated carbocycles. The third kappa shape index (κ3) is 3.21. The van der Waals surface area contributed by atoms with E-state index in [9.17, 15) is 24.6 Å². The number of hydrogen-bond donors (Lipinski definition) is 4. The molecular weight excluding hydrogens is 502 g/mol. The van der Waals surface area contributed by atoms with Gasteiger partial charge in [0.15, 0.2) is 23.0 Å². The Bertz CT molecular complexity index is 1590. The highest BCUT2D eigenvalue weighted by Gasteiger charge is 2.70. The molecule has 4 atom stereocenters. The van der Waals surface area contributed by atoms with Gasteiger partial charge in [-0.05, 0) is 54.3 Å². The molecule has 3 aromatic carbocycles. The lowest BCUT2D eigenvalue weighted by atomic mass is 9.76. The Morgan fingerprint density at radius 3 is 2.51 bits per heavy atom. The zero-order valence-electron chi connectivity index (χ0n) is 20.9. The number of phenols is 2. The van der Waals surface area contributed by atoms with Crippen molar-refractivity contribution in [3.05, 3.63) is 71.3 Å². The molecule has 0 aliphatic carbocycles. The first-order valence-corrected chi connectivity index (χ1v) is 12.8. The summed E-state index contributed by atoms with van der Waals surface area (Å²) in [7, 11) is 0. The highest BCUT2D eigenvalue weighted by molar-refractivity contribution is 6.26. The molecule has 0 bridgehead atoms. The van der Waals surface area contributed by atoms with E-state index in [2.05, 4.69) is 10.6 Å². The van der Waals surface area contributed by atoms with Crippen LogP contribution in [0.3, 0.4) is 0 Å². The molecule has 3 aromatic rings. The molecule has 2 fully saturated rings. The number of phenolic OH excluding ortho intramolecular Hbond substituents is 2. The second-order valence-electron chi connectivity index (χ2n) is 10.3. The molecule has 0 unspecified atom stereocenters. The minimum Gasteiger partial charge on any atom is -0.504 e. The Hall–Kier alpha value is -4.57. The molecule has 1 spiro atoms. The van der Waals surface area contributed by atoms with Gasteiger partial charge in [-0.1, -0.05) is 25.1 Å². The maximum atomic E-state index is 14.2. The van der Waals surface area contributed by atoms with Crippen molar-refractivity contribution in [2.24, 2.45) is 11.8 Å². The number of ether oxygens (including phenoxy) is 2. The third-order valence-corrected chi connectivity index (χ3v) is 8.30. The standard InChI is InChI=1S/C29H25N3O7/c1-2-14-3-6-18-17(9-14)29(28(37)30-18)25-24(19(31-29)10-15-4-7-20(33)21(34)11-15)26(35)32(27(25)36)16-5-8-22-23(12-16)39-13-38-22/h3-9,11-12,19,24-25,31,33-34H,2,10,13H2,1H3,(H,30,37)/t19-,24+,25-,29+/m0/s1. The Kier molecular flexibility index (Phi) is 4.96. The second-order valence-corrected chi connectivity index (χ2v) is 10.3. The quantitative estimate of drug-likeness (QED) is 0.300. The lowest BCUT2D eigenvalue weighted by Gasteiger charge is -2.30. The van der Waals surface area contributed by atoms with Crippen LogP contribution in [0, 0.1) is 11.8 Å². The van der Waals surface area contributed by atoms with Gasteiger partial charge in [0.2, 0.25) is 24.5 Å². The van der Waals surface area contributed by atoms with Crippen molar-refractivity contribution in [2.75, 3.05) is 17.0 Å². The summed E-state index contributed by atoms with van der Waals surface area (Å²) in [5.74, 6) is -2.73. The smallest absolute Gasteiger partial charge is 0.250 e. The van der Waals surface area contributed by atoms with Gasteiger partial charge in [-0.2, -0.15) is 0 Å². The van der Waals surface area contributed by atoms with E-state index in [1.165, 1.54) is 12.1 Å². The van der Waals surface area contributed by atoms with Gasteiger partial charge < -0.3 is 25.0 Å². The van der Waals surface area contributed by atoms with Gasteiger partial charge in [0, 0.05) is 23.4 Å². The Balaban J connectivity index is 1.36. The Labute approximate surface area is 223 Å². The van der Waals surface area contributed by atoms with Crippen molar-refractivity contribution in [1.29, 1.82) is 0 Å². The fourth-order valence-electron chi connectivity index (χ4n) is 6.47. The van der Waals surface area contributed by atoms with Crippen molar-refractivity contribution in [2.45, 2.75) is 31.3 Å². The van der Waals surface area contributed by atoms with E-state index in [-0.39, 0.29) is 30.6 Å². The number of aryl methyl sites for hydroxylation is 1. The molecule has 39 heavy (non-hydrogen) atoms. The van der Waals surface area contributed by atoms with Crippen LogP contribution in [-0.2, 0) is 32.8 Å². The average molecular weight is 528 g/mol. The Morgan fingerprint density at radius 1 is 0.923 bits per heavy atom. The van der Waals surface area contributed by atoms with E-state index in [4.69, 9.17) is 9.47 Å². The van der Waals surface area contributed by atoms with Gasteiger partial charge in [-0.15, -0.1) is 0 Å². The second kappa shape index (κ2) is 8.21. The number of nitrogens with zero attached hydrogens (tertiary/aromatic N) is 1. The number of carbonyl (C=O) groups is 3. The van der Waals surface area contributed by atoms with Crippen molar-refractivity contribution >= 4 is 29.1 Å².